The summed E-state index contributed by atoms with van der Waals surface area (Å²) in [6, 6.07) is -2.12. The van der Waals surface area contributed by atoms with E-state index in [-0.39, 0.29) is 21.4 Å². The van der Waals surface area contributed by atoms with Crippen LogP contribution >= 0.6 is 11.3 Å². The van der Waals surface area contributed by atoms with Crippen molar-refractivity contribution in [2.24, 2.45) is 5.16 Å². The molecule has 0 saturated carbocycles. The second-order valence-corrected chi connectivity index (χ2v) is 11.2. The Balaban J connectivity index is 1.39. The van der Waals surface area contributed by atoms with Gasteiger partial charge < -0.3 is 41.1 Å². The summed E-state index contributed by atoms with van der Waals surface area (Å²) in [6.45, 7) is 1.69. The number of thiazole rings is 1. The average molecular weight is 650 g/mol. The molecule has 2 amide bonds. The van der Waals surface area contributed by atoms with Crippen LogP contribution in [0.2, 0.25) is 0 Å². The molecule has 0 spiro atoms. The van der Waals surface area contributed by atoms with Crippen LogP contribution in [0.4, 0.5) is 5.13 Å². The van der Waals surface area contributed by atoms with E-state index in [1.54, 1.807) is 0 Å². The van der Waals surface area contributed by atoms with Crippen LogP contribution in [-0.4, -0.2) is 98.8 Å². The number of pyridine rings is 1. The summed E-state index contributed by atoms with van der Waals surface area (Å²) in [6.07, 6.45) is 1.19. The van der Waals surface area contributed by atoms with Crippen LogP contribution in [0.5, 0.6) is 11.5 Å². The lowest BCUT2D eigenvalue weighted by molar-refractivity contribution is -0.256. The van der Waals surface area contributed by atoms with Crippen molar-refractivity contribution in [2.45, 2.75) is 43.7 Å². The van der Waals surface area contributed by atoms with Gasteiger partial charge in [-0.25, -0.2) is 24.2 Å². The number of aliphatic carboxylic acids is 2. The number of hydrogen-bond acceptors (Lipinski definition) is 15. The molecule has 3 aromatic rings. The molecule has 20 nitrogen and oxygen atoms in total. The van der Waals surface area contributed by atoms with Gasteiger partial charge in [-0.3, -0.25) is 23.4 Å². The number of aromatic nitrogens is 3. The molecule has 3 aromatic heterocycles. The van der Waals surface area contributed by atoms with Crippen LogP contribution in [0.15, 0.2) is 33.8 Å². The number of carboxylic acid groups (broad SMARTS) is 2. The third-order valence-electron chi connectivity index (χ3n) is 6.82. The van der Waals surface area contributed by atoms with Gasteiger partial charge in [0, 0.05) is 17.6 Å². The fourth-order valence-electron chi connectivity index (χ4n) is 4.37. The zero-order chi connectivity index (χ0) is 33.0. The maximum absolute atomic E-state index is 13.4. The van der Waals surface area contributed by atoms with Gasteiger partial charge in [-0.2, -0.15) is 5.06 Å². The monoisotopic (exact) mass is 649 g/mol. The number of imidazole rings is 1. The molecule has 7 N–H and O–H groups in total. The highest BCUT2D eigenvalue weighted by molar-refractivity contribution is 7.13. The highest BCUT2D eigenvalue weighted by Gasteiger charge is 2.63. The second-order valence-electron chi connectivity index (χ2n) is 10.3. The second kappa shape index (κ2) is 10.8. The topological polar surface area (TPSA) is 287 Å². The van der Waals surface area contributed by atoms with Crippen molar-refractivity contribution >= 4 is 57.4 Å². The van der Waals surface area contributed by atoms with Crippen LogP contribution in [0.1, 0.15) is 32.0 Å². The van der Waals surface area contributed by atoms with Crippen molar-refractivity contribution in [3.8, 4) is 11.5 Å². The number of nitrogens with one attached hydrogen (secondary N) is 1. The first kappa shape index (κ1) is 30.7. The number of esters is 1. The Bertz CT molecular complexity index is 1860. The Morgan fingerprint density at radius 1 is 1.20 bits per heavy atom. The molecule has 5 rings (SSSR count). The van der Waals surface area contributed by atoms with E-state index in [9.17, 15) is 49.2 Å². The Kier molecular flexibility index (Phi) is 7.37. The number of fused-ring (bicyclic) bond motifs is 1. The van der Waals surface area contributed by atoms with Crippen molar-refractivity contribution < 1.29 is 58.8 Å². The van der Waals surface area contributed by atoms with Crippen LogP contribution in [-0.2, 0) is 38.4 Å². The first-order chi connectivity index (χ1) is 21.1. The third kappa shape index (κ3) is 5.22. The molecule has 2 fully saturated rings. The minimum atomic E-state index is -2.77. The Labute approximate surface area is 253 Å². The number of cyclic esters (lactones) is 1. The smallest absolute Gasteiger partial charge is 0.372 e. The summed E-state index contributed by atoms with van der Waals surface area (Å²) >= 11 is 0.925. The number of aromatic hydroxyl groups is 2. The SMILES string of the molecule is CC(C)(O/N=C(\C(=O)N[C@H]1CON(C2(C(=O)O)CC(n3cc4cc(O)c(O)cn4c3=O)C(=O)O2)C1=O)c1csc(N)n1)C(=O)O. The number of amides is 2. The summed E-state index contributed by atoms with van der Waals surface area (Å²) in [5, 5.41) is 46.4. The number of hydrogen-bond donors (Lipinski definition) is 6. The molecule has 2 saturated heterocycles. The van der Waals surface area contributed by atoms with E-state index in [1.165, 1.54) is 5.38 Å². The van der Waals surface area contributed by atoms with E-state index >= 15 is 0 Å². The highest BCUT2D eigenvalue weighted by atomic mass is 32.1. The van der Waals surface area contributed by atoms with Gasteiger partial charge >= 0.3 is 29.3 Å². The molecule has 0 aliphatic carbocycles. The summed E-state index contributed by atoms with van der Waals surface area (Å²) in [5.41, 5.74) is -0.558. The maximum Gasteiger partial charge on any atom is 0.372 e. The summed E-state index contributed by atoms with van der Waals surface area (Å²) in [5.74, 6) is -7.93. The van der Waals surface area contributed by atoms with Crippen LogP contribution < -0.4 is 16.7 Å². The first-order valence-electron chi connectivity index (χ1n) is 12.7. The standard InChI is InChI=1S/C24H23N7O13S/c1-23(2,19(37)38)44-28-15(11-8-45-21(25)27-11)16(34)26-10-7-42-31(17(10)35)24(20(39)40)4-12(18(36)43-24)30-5-9-3-13(32)14(33)6-29(9)22(30)41/h3,5-6,8,10,12,32-33H,4,7H2,1-2H3,(H2,25,27)(H,26,34)(H,37,38)(H,39,40)/b28-15-/t10-,12?,24?/m0/s1. The number of nitrogen functional groups attached to an aromatic ring is 1. The number of ether oxygens (including phenoxy) is 1. The summed E-state index contributed by atoms with van der Waals surface area (Å²) < 4.78 is 6.84. The van der Waals surface area contributed by atoms with E-state index in [0.717, 1.165) is 52.6 Å². The molecule has 0 radical (unpaired) electrons. The van der Waals surface area contributed by atoms with E-state index < -0.39 is 89.1 Å². The molecule has 2 aliphatic heterocycles. The molecular formula is C24H23N7O13S. The summed E-state index contributed by atoms with van der Waals surface area (Å²) in [4.78, 5) is 90.6. The lowest BCUT2D eigenvalue weighted by atomic mass is 10.1. The van der Waals surface area contributed by atoms with Gasteiger partial charge in [0.1, 0.15) is 24.4 Å². The van der Waals surface area contributed by atoms with Gasteiger partial charge in [-0.1, -0.05) is 5.16 Å². The normalized spacial score (nSPS) is 22.1. The molecule has 2 aliphatic rings. The fraction of sp³-hybridized carbons (Fsp3) is 0.333. The molecule has 3 atom stereocenters. The lowest BCUT2D eigenvalue weighted by Crippen LogP contribution is -2.57. The molecule has 45 heavy (non-hydrogen) atoms. The molecule has 21 heteroatoms. The minimum Gasteiger partial charge on any atom is -0.504 e. The number of carboxylic acids is 2. The molecule has 238 valence electrons. The van der Waals surface area contributed by atoms with Gasteiger partial charge in [0.25, 0.3) is 11.8 Å². The molecular weight excluding hydrogens is 626 g/mol. The van der Waals surface area contributed by atoms with Gasteiger partial charge in [0.2, 0.25) is 5.60 Å². The molecule has 0 bridgehead atoms. The fourth-order valence-corrected chi connectivity index (χ4v) is 4.92. The predicted octanol–water partition coefficient (Wildman–Crippen LogP) is -1.64. The van der Waals surface area contributed by atoms with Gasteiger partial charge in [-0.05, 0) is 13.8 Å². The molecule has 0 aromatic carbocycles. The van der Waals surface area contributed by atoms with Gasteiger partial charge in [0.05, 0.1) is 18.1 Å². The molecule has 5 heterocycles. The Morgan fingerprint density at radius 2 is 1.91 bits per heavy atom. The van der Waals surface area contributed by atoms with E-state index in [0.29, 0.717) is 0 Å². The number of nitrogens with zero attached hydrogens (tertiary/aromatic N) is 5. The quantitative estimate of drug-likeness (QED) is 0.0861. The summed E-state index contributed by atoms with van der Waals surface area (Å²) in [7, 11) is 0. The van der Waals surface area contributed by atoms with Crippen molar-refractivity contribution in [3.05, 3.63) is 40.0 Å². The van der Waals surface area contributed by atoms with Crippen LogP contribution in [0.25, 0.3) is 5.52 Å². The minimum absolute atomic E-state index is 0.0271. The van der Waals surface area contributed by atoms with E-state index in [4.69, 9.17) is 20.1 Å². The largest absolute Gasteiger partial charge is 0.504 e. The maximum atomic E-state index is 13.4. The van der Waals surface area contributed by atoms with Crippen molar-refractivity contribution in [1.29, 1.82) is 0 Å². The predicted molar refractivity (Wildman–Crippen MR) is 146 cm³/mol. The van der Waals surface area contributed by atoms with Gasteiger partial charge in [0.15, 0.2) is 22.3 Å². The number of hydroxylamine groups is 2. The van der Waals surface area contributed by atoms with E-state index in [2.05, 4.69) is 15.5 Å². The number of nitrogens with two attached hydrogens (primary N) is 1. The third-order valence-corrected chi connectivity index (χ3v) is 7.49. The van der Waals surface area contributed by atoms with E-state index in [1.807, 2.05) is 0 Å². The van der Waals surface area contributed by atoms with Crippen molar-refractivity contribution in [1.82, 2.24) is 24.3 Å². The van der Waals surface area contributed by atoms with Crippen molar-refractivity contribution in [2.75, 3.05) is 12.3 Å². The zero-order valence-electron chi connectivity index (χ0n) is 23.1. The lowest BCUT2D eigenvalue weighted by Gasteiger charge is -2.30. The molecule has 2 unspecified atom stereocenters. The van der Waals surface area contributed by atoms with Crippen LogP contribution in [0.3, 0.4) is 0 Å². The van der Waals surface area contributed by atoms with Crippen molar-refractivity contribution in [3.63, 3.8) is 0 Å². The number of rotatable bonds is 9. The first-order valence-corrected chi connectivity index (χ1v) is 13.5. The number of carbonyl (C=O) groups is 5. The van der Waals surface area contributed by atoms with Crippen LogP contribution in [0, 0.1) is 0 Å². The average Bonchev–Trinajstić information content (AvgIpc) is 3.71. The number of oxime groups is 1. The number of carbonyl (C=O) groups excluding carboxylic acids is 3. The number of anilines is 1. The highest BCUT2D eigenvalue weighted by Crippen LogP contribution is 2.39. The zero-order valence-corrected chi connectivity index (χ0v) is 23.9. The van der Waals surface area contributed by atoms with Gasteiger partial charge in [-0.15, -0.1) is 11.3 Å². The Morgan fingerprint density at radius 3 is 2.53 bits per heavy atom. The Hall–Kier alpha value is -5.70.